The summed E-state index contributed by atoms with van der Waals surface area (Å²) in [4.78, 5) is 3.79. The van der Waals surface area contributed by atoms with Gasteiger partial charge in [-0.2, -0.15) is 4.72 Å². The lowest BCUT2D eigenvalue weighted by molar-refractivity contribution is 0.550. The van der Waals surface area contributed by atoms with Crippen LogP contribution in [0.3, 0.4) is 0 Å². The van der Waals surface area contributed by atoms with Gasteiger partial charge in [0, 0.05) is 13.2 Å². The summed E-state index contributed by atoms with van der Waals surface area (Å²) in [6.45, 7) is 1.67. The second-order valence-electron chi connectivity index (χ2n) is 4.04. The number of hydrogen-bond donors (Lipinski definition) is 2. The first-order chi connectivity index (χ1) is 8.92. The van der Waals surface area contributed by atoms with E-state index in [0.717, 1.165) is 0 Å². The van der Waals surface area contributed by atoms with Crippen LogP contribution in [0.15, 0.2) is 29.7 Å². The normalized spacial score (nSPS) is 13.4. The van der Waals surface area contributed by atoms with Crippen LogP contribution >= 0.6 is 0 Å². The molecule has 8 nitrogen and oxygen atoms in total. The van der Waals surface area contributed by atoms with Crippen molar-refractivity contribution in [3.05, 3.63) is 30.5 Å². The van der Waals surface area contributed by atoms with Crippen LogP contribution in [0.25, 0.3) is 0 Å². The van der Waals surface area contributed by atoms with Gasteiger partial charge < -0.3 is 10.3 Å². The van der Waals surface area contributed by atoms with E-state index in [1.54, 1.807) is 24.6 Å². The standard InChI is InChI=1S/C10H14N6O2S/c1-7(9-14-13-6-16(9)2)15-19(17,18)10-8(11)4-3-5-12-10/h3-7,15H,11H2,1-2H3. The third-order valence-electron chi connectivity index (χ3n) is 2.52. The van der Waals surface area contributed by atoms with Crippen molar-refractivity contribution in [2.24, 2.45) is 7.05 Å². The van der Waals surface area contributed by atoms with Gasteiger partial charge in [0.25, 0.3) is 10.0 Å². The van der Waals surface area contributed by atoms with Crippen molar-refractivity contribution in [3.63, 3.8) is 0 Å². The lowest BCUT2D eigenvalue weighted by Crippen LogP contribution is -2.29. The number of nitrogens with one attached hydrogen (secondary N) is 1. The van der Waals surface area contributed by atoms with Crippen molar-refractivity contribution in [1.82, 2.24) is 24.5 Å². The predicted molar refractivity (Wildman–Crippen MR) is 68.4 cm³/mol. The second kappa shape index (κ2) is 4.94. The van der Waals surface area contributed by atoms with E-state index < -0.39 is 16.1 Å². The van der Waals surface area contributed by atoms with Gasteiger partial charge in [-0.15, -0.1) is 10.2 Å². The minimum Gasteiger partial charge on any atom is -0.396 e. The highest BCUT2D eigenvalue weighted by atomic mass is 32.2. The van der Waals surface area contributed by atoms with Crippen molar-refractivity contribution >= 4 is 15.7 Å². The van der Waals surface area contributed by atoms with Gasteiger partial charge in [-0.3, -0.25) is 0 Å². The average molecular weight is 282 g/mol. The van der Waals surface area contributed by atoms with E-state index in [2.05, 4.69) is 19.9 Å². The highest BCUT2D eigenvalue weighted by Crippen LogP contribution is 2.17. The molecule has 0 aromatic carbocycles. The maximum Gasteiger partial charge on any atom is 0.260 e. The van der Waals surface area contributed by atoms with Crippen LogP contribution in [-0.4, -0.2) is 28.2 Å². The zero-order valence-electron chi connectivity index (χ0n) is 10.5. The summed E-state index contributed by atoms with van der Waals surface area (Å²) in [5.74, 6) is 0.498. The molecule has 0 spiro atoms. The Morgan fingerprint density at radius 2 is 2.21 bits per heavy atom. The van der Waals surface area contributed by atoms with Crippen molar-refractivity contribution in [2.75, 3.05) is 5.73 Å². The number of rotatable bonds is 4. The molecule has 0 amide bonds. The van der Waals surface area contributed by atoms with E-state index in [9.17, 15) is 8.42 Å². The van der Waals surface area contributed by atoms with Gasteiger partial charge in [-0.05, 0) is 19.1 Å². The Morgan fingerprint density at radius 1 is 1.47 bits per heavy atom. The van der Waals surface area contributed by atoms with Gasteiger partial charge in [0.1, 0.15) is 12.2 Å². The molecule has 2 heterocycles. The number of hydrogen-bond acceptors (Lipinski definition) is 6. The quantitative estimate of drug-likeness (QED) is 0.804. The SMILES string of the molecule is CC(NS(=O)(=O)c1ncccc1N)c1nncn1C. The molecule has 0 saturated heterocycles. The van der Waals surface area contributed by atoms with Crippen LogP contribution < -0.4 is 10.5 Å². The molecule has 0 radical (unpaired) electrons. The second-order valence-corrected chi connectivity index (χ2v) is 5.67. The van der Waals surface area contributed by atoms with Crippen LogP contribution in [0.1, 0.15) is 18.8 Å². The molecule has 1 unspecified atom stereocenters. The first kappa shape index (κ1) is 13.4. The molecule has 19 heavy (non-hydrogen) atoms. The van der Waals surface area contributed by atoms with Crippen LogP contribution in [0.4, 0.5) is 5.69 Å². The molecular weight excluding hydrogens is 268 g/mol. The Labute approximate surface area is 110 Å². The molecule has 3 N–H and O–H groups in total. The van der Waals surface area contributed by atoms with E-state index >= 15 is 0 Å². The minimum atomic E-state index is -3.80. The smallest absolute Gasteiger partial charge is 0.260 e. The Morgan fingerprint density at radius 3 is 2.79 bits per heavy atom. The average Bonchev–Trinajstić information content (AvgIpc) is 2.75. The van der Waals surface area contributed by atoms with Gasteiger partial charge in [0.15, 0.2) is 5.03 Å². The zero-order chi connectivity index (χ0) is 14.0. The zero-order valence-corrected chi connectivity index (χ0v) is 11.3. The van der Waals surface area contributed by atoms with Crippen molar-refractivity contribution in [3.8, 4) is 0 Å². The van der Waals surface area contributed by atoms with Gasteiger partial charge in [-0.1, -0.05) is 0 Å². The summed E-state index contributed by atoms with van der Waals surface area (Å²) in [6.07, 6.45) is 2.87. The number of nitrogens with two attached hydrogens (primary N) is 1. The van der Waals surface area contributed by atoms with E-state index in [4.69, 9.17) is 5.73 Å². The molecule has 1 atom stereocenters. The summed E-state index contributed by atoms with van der Waals surface area (Å²) in [5, 5.41) is 7.36. The maximum absolute atomic E-state index is 12.2. The summed E-state index contributed by atoms with van der Waals surface area (Å²) < 4.78 is 28.4. The van der Waals surface area contributed by atoms with Crippen LogP contribution in [0.2, 0.25) is 0 Å². The van der Waals surface area contributed by atoms with Crippen molar-refractivity contribution < 1.29 is 8.42 Å². The third-order valence-corrected chi connectivity index (χ3v) is 4.03. The number of pyridine rings is 1. The predicted octanol–water partition coefficient (Wildman–Crippen LogP) is -0.168. The lowest BCUT2D eigenvalue weighted by atomic mass is 10.3. The highest BCUT2D eigenvalue weighted by molar-refractivity contribution is 7.89. The largest absolute Gasteiger partial charge is 0.396 e. The van der Waals surface area contributed by atoms with Gasteiger partial charge >= 0.3 is 0 Å². The molecule has 0 aliphatic heterocycles. The number of aromatic nitrogens is 4. The van der Waals surface area contributed by atoms with Gasteiger partial charge in [-0.25, -0.2) is 13.4 Å². The lowest BCUT2D eigenvalue weighted by Gasteiger charge is -2.13. The molecular formula is C10H14N6O2S. The molecule has 2 rings (SSSR count). The molecule has 0 aliphatic rings. The van der Waals surface area contributed by atoms with E-state index in [1.165, 1.54) is 18.6 Å². The molecule has 0 bridgehead atoms. The summed E-state index contributed by atoms with van der Waals surface area (Å²) in [6, 6.07) is 2.51. The molecule has 9 heteroatoms. The van der Waals surface area contributed by atoms with Crippen molar-refractivity contribution in [1.29, 1.82) is 0 Å². The molecule has 2 aromatic rings. The van der Waals surface area contributed by atoms with Gasteiger partial charge in [0.2, 0.25) is 0 Å². The number of sulfonamides is 1. The summed E-state index contributed by atoms with van der Waals surface area (Å²) in [5.41, 5.74) is 5.71. The van der Waals surface area contributed by atoms with Crippen LogP contribution in [0.5, 0.6) is 0 Å². The monoisotopic (exact) mass is 282 g/mol. The summed E-state index contributed by atoms with van der Waals surface area (Å²) in [7, 11) is -2.07. The maximum atomic E-state index is 12.2. The minimum absolute atomic E-state index is 0.0974. The number of aryl methyl sites for hydroxylation is 1. The first-order valence-corrected chi connectivity index (χ1v) is 6.97. The fourth-order valence-electron chi connectivity index (χ4n) is 1.65. The van der Waals surface area contributed by atoms with E-state index in [-0.39, 0.29) is 10.7 Å². The topological polar surface area (TPSA) is 116 Å². The first-order valence-electron chi connectivity index (χ1n) is 5.48. The Hall–Kier alpha value is -2.00. The van der Waals surface area contributed by atoms with Crippen molar-refractivity contribution in [2.45, 2.75) is 18.0 Å². The highest BCUT2D eigenvalue weighted by Gasteiger charge is 2.23. The number of anilines is 1. The molecule has 102 valence electrons. The van der Waals surface area contributed by atoms with Crippen LogP contribution in [-0.2, 0) is 17.1 Å². The Balaban J connectivity index is 2.28. The van der Waals surface area contributed by atoms with Crippen LogP contribution in [0, 0.1) is 0 Å². The number of nitrogen functional groups attached to an aromatic ring is 1. The fourth-order valence-corrected chi connectivity index (χ4v) is 2.91. The molecule has 0 fully saturated rings. The van der Waals surface area contributed by atoms with E-state index in [0.29, 0.717) is 5.82 Å². The summed E-state index contributed by atoms with van der Waals surface area (Å²) >= 11 is 0. The molecule has 0 aliphatic carbocycles. The van der Waals surface area contributed by atoms with Gasteiger partial charge in [0.05, 0.1) is 11.7 Å². The fraction of sp³-hybridized carbons (Fsp3) is 0.300. The Kier molecular flexibility index (Phi) is 3.49. The Bertz CT molecular complexity index is 681. The molecule has 2 aromatic heterocycles. The third kappa shape index (κ3) is 2.71. The molecule has 0 saturated carbocycles. The number of nitrogens with zero attached hydrogens (tertiary/aromatic N) is 4. The van der Waals surface area contributed by atoms with E-state index in [1.807, 2.05) is 0 Å².